The zero-order valence-corrected chi connectivity index (χ0v) is 15.6. The fourth-order valence-corrected chi connectivity index (χ4v) is 4.39. The van der Waals surface area contributed by atoms with Crippen LogP contribution in [-0.2, 0) is 17.5 Å². The molecule has 2 aromatic carbocycles. The fraction of sp³-hybridized carbons (Fsp3) is 0.190. The van der Waals surface area contributed by atoms with Crippen molar-refractivity contribution in [3.05, 3.63) is 89.7 Å². The first-order valence-electron chi connectivity index (χ1n) is 8.72. The molecule has 0 saturated carbocycles. The van der Waals surface area contributed by atoms with Crippen molar-refractivity contribution in [2.75, 3.05) is 5.75 Å². The number of carbonyl (C=O) groups excluding carboxylic acids is 1. The fourth-order valence-electron chi connectivity index (χ4n) is 3.22. The number of nitrogens with zero attached hydrogens (tertiary/aromatic N) is 2. The van der Waals surface area contributed by atoms with Gasteiger partial charge in [0.2, 0.25) is 5.91 Å². The SMILES string of the molecule is O=C1CS[C@@H](c2ccn(-c3ccc(C(F)(F)F)cc3)c2)N1Cc1ccccc1. The molecule has 1 aromatic heterocycles. The average molecular weight is 402 g/mol. The molecule has 144 valence electrons. The highest BCUT2D eigenvalue weighted by molar-refractivity contribution is 8.00. The van der Waals surface area contributed by atoms with Gasteiger partial charge in [0.1, 0.15) is 5.37 Å². The maximum absolute atomic E-state index is 12.7. The molecule has 4 rings (SSSR count). The first kappa shape index (κ1) is 18.7. The number of rotatable bonds is 4. The van der Waals surface area contributed by atoms with E-state index in [9.17, 15) is 18.0 Å². The lowest BCUT2D eigenvalue weighted by Gasteiger charge is -2.23. The van der Waals surface area contributed by atoms with Gasteiger partial charge in [-0.3, -0.25) is 4.79 Å². The van der Waals surface area contributed by atoms with Crippen LogP contribution in [0.2, 0.25) is 0 Å². The van der Waals surface area contributed by atoms with E-state index in [1.165, 1.54) is 12.1 Å². The number of alkyl halides is 3. The molecule has 1 amide bonds. The van der Waals surface area contributed by atoms with Crippen molar-refractivity contribution in [3.8, 4) is 5.69 Å². The number of amides is 1. The molecule has 1 atom stereocenters. The molecule has 0 aliphatic carbocycles. The second-order valence-electron chi connectivity index (χ2n) is 6.57. The Bertz CT molecular complexity index is 967. The Morgan fingerprint density at radius 1 is 1.00 bits per heavy atom. The summed E-state index contributed by atoms with van der Waals surface area (Å²) in [6, 6.07) is 16.7. The van der Waals surface area contributed by atoms with Gasteiger partial charge in [0.15, 0.2) is 0 Å². The summed E-state index contributed by atoms with van der Waals surface area (Å²) in [6.07, 6.45) is -0.669. The first-order valence-corrected chi connectivity index (χ1v) is 9.77. The molecular formula is C21H17F3N2OS. The van der Waals surface area contributed by atoms with E-state index in [-0.39, 0.29) is 11.3 Å². The number of carbonyl (C=O) groups is 1. The summed E-state index contributed by atoms with van der Waals surface area (Å²) in [6.45, 7) is 0.531. The van der Waals surface area contributed by atoms with Gasteiger partial charge < -0.3 is 9.47 Å². The number of benzene rings is 2. The number of hydrogen-bond acceptors (Lipinski definition) is 2. The van der Waals surface area contributed by atoms with Gasteiger partial charge in [0.05, 0.1) is 11.3 Å². The molecular weight excluding hydrogens is 385 g/mol. The van der Waals surface area contributed by atoms with Crippen LogP contribution in [0.5, 0.6) is 0 Å². The van der Waals surface area contributed by atoms with Crippen LogP contribution >= 0.6 is 11.8 Å². The van der Waals surface area contributed by atoms with Crippen molar-refractivity contribution in [2.24, 2.45) is 0 Å². The van der Waals surface area contributed by atoms with E-state index < -0.39 is 11.7 Å². The van der Waals surface area contributed by atoms with Crippen LogP contribution in [0.25, 0.3) is 5.69 Å². The highest BCUT2D eigenvalue weighted by Gasteiger charge is 2.33. The molecule has 0 unspecified atom stereocenters. The van der Waals surface area contributed by atoms with Crippen LogP contribution in [0.4, 0.5) is 13.2 Å². The van der Waals surface area contributed by atoms with E-state index >= 15 is 0 Å². The zero-order chi connectivity index (χ0) is 19.7. The summed E-state index contributed by atoms with van der Waals surface area (Å²) in [7, 11) is 0. The molecule has 7 heteroatoms. The molecule has 1 aliphatic rings. The van der Waals surface area contributed by atoms with Crippen molar-refractivity contribution in [1.82, 2.24) is 9.47 Å². The minimum absolute atomic E-state index is 0.0844. The summed E-state index contributed by atoms with van der Waals surface area (Å²) in [4.78, 5) is 14.2. The maximum Gasteiger partial charge on any atom is 0.416 e. The Morgan fingerprint density at radius 3 is 2.39 bits per heavy atom. The lowest BCUT2D eigenvalue weighted by Crippen LogP contribution is -2.27. The van der Waals surface area contributed by atoms with E-state index in [0.717, 1.165) is 23.3 Å². The lowest BCUT2D eigenvalue weighted by atomic mass is 10.2. The third kappa shape index (κ3) is 3.80. The third-order valence-electron chi connectivity index (χ3n) is 4.66. The molecule has 0 bridgehead atoms. The molecule has 1 saturated heterocycles. The highest BCUT2D eigenvalue weighted by Crippen LogP contribution is 2.40. The number of halogens is 3. The third-order valence-corrected chi connectivity index (χ3v) is 5.91. The van der Waals surface area contributed by atoms with Crippen molar-refractivity contribution in [2.45, 2.75) is 18.1 Å². The molecule has 0 N–H and O–H groups in total. The van der Waals surface area contributed by atoms with Crippen molar-refractivity contribution < 1.29 is 18.0 Å². The zero-order valence-electron chi connectivity index (χ0n) is 14.8. The number of hydrogen-bond donors (Lipinski definition) is 0. The molecule has 28 heavy (non-hydrogen) atoms. The Morgan fingerprint density at radius 2 is 1.71 bits per heavy atom. The molecule has 2 heterocycles. The number of thioether (sulfide) groups is 1. The van der Waals surface area contributed by atoms with Crippen molar-refractivity contribution in [1.29, 1.82) is 0 Å². The first-order chi connectivity index (χ1) is 13.4. The van der Waals surface area contributed by atoms with Gasteiger partial charge in [-0.2, -0.15) is 13.2 Å². The predicted octanol–water partition coefficient (Wildman–Crippen LogP) is 5.27. The summed E-state index contributed by atoms with van der Waals surface area (Å²) >= 11 is 1.56. The van der Waals surface area contributed by atoms with Crippen LogP contribution in [0, 0.1) is 0 Å². The number of aromatic nitrogens is 1. The standard InChI is InChI=1S/C21H17F3N2OS/c22-21(23,24)17-6-8-18(9-7-17)25-11-10-16(13-25)20-26(19(27)14-28-20)12-15-4-2-1-3-5-15/h1-11,13,20H,12,14H2/t20-/m0/s1. The van der Waals surface area contributed by atoms with Gasteiger partial charge in [-0.05, 0) is 35.9 Å². The van der Waals surface area contributed by atoms with Crippen LogP contribution in [0.15, 0.2) is 73.1 Å². The van der Waals surface area contributed by atoms with Gasteiger partial charge >= 0.3 is 6.18 Å². The second-order valence-corrected chi connectivity index (χ2v) is 7.64. The topological polar surface area (TPSA) is 25.2 Å². The summed E-state index contributed by atoms with van der Waals surface area (Å²) in [5.41, 5.74) is 1.98. The second kappa shape index (κ2) is 7.39. The minimum atomic E-state index is -4.35. The van der Waals surface area contributed by atoms with E-state index in [2.05, 4.69) is 0 Å². The van der Waals surface area contributed by atoms with E-state index in [1.54, 1.807) is 16.3 Å². The van der Waals surface area contributed by atoms with Crippen LogP contribution < -0.4 is 0 Å². The summed E-state index contributed by atoms with van der Waals surface area (Å²) in [5.74, 6) is 0.504. The van der Waals surface area contributed by atoms with Gasteiger partial charge in [0, 0.05) is 30.2 Å². The molecule has 1 aliphatic heterocycles. The Balaban J connectivity index is 1.55. The Labute approximate surface area is 164 Å². The predicted molar refractivity (Wildman–Crippen MR) is 103 cm³/mol. The van der Waals surface area contributed by atoms with Crippen LogP contribution in [-0.4, -0.2) is 21.1 Å². The summed E-state index contributed by atoms with van der Waals surface area (Å²) in [5, 5.41) is -0.108. The van der Waals surface area contributed by atoms with E-state index in [0.29, 0.717) is 18.0 Å². The van der Waals surface area contributed by atoms with Gasteiger partial charge in [-0.1, -0.05) is 30.3 Å². The molecule has 3 aromatic rings. The van der Waals surface area contributed by atoms with Crippen molar-refractivity contribution >= 4 is 17.7 Å². The van der Waals surface area contributed by atoms with E-state index in [1.807, 2.05) is 53.7 Å². The average Bonchev–Trinajstić information content (AvgIpc) is 3.30. The van der Waals surface area contributed by atoms with Gasteiger partial charge in [-0.15, -0.1) is 11.8 Å². The quantitative estimate of drug-likeness (QED) is 0.594. The summed E-state index contributed by atoms with van der Waals surface area (Å²) < 4.78 is 40.0. The largest absolute Gasteiger partial charge is 0.416 e. The smallest absolute Gasteiger partial charge is 0.323 e. The maximum atomic E-state index is 12.7. The van der Waals surface area contributed by atoms with Crippen LogP contribution in [0.3, 0.4) is 0 Å². The normalized spacial score (nSPS) is 17.3. The molecule has 0 spiro atoms. The monoisotopic (exact) mass is 402 g/mol. The highest BCUT2D eigenvalue weighted by atomic mass is 32.2. The Kier molecular flexibility index (Phi) is 4.93. The van der Waals surface area contributed by atoms with Crippen molar-refractivity contribution in [3.63, 3.8) is 0 Å². The van der Waals surface area contributed by atoms with Gasteiger partial charge in [0.25, 0.3) is 0 Å². The lowest BCUT2D eigenvalue weighted by molar-refractivity contribution is -0.137. The van der Waals surface area contributed by atoms with Gasteiger partial charge in [-0.25, -0.2) is 0 Å². The Hall–Kier alpha value is -2.67. The van der Waals surface area contributed by atoms with E-state index in [4.69, 9.17) is 0 Å². The minimum Gasteiger partial charge on any atom is -0.323 e. The molecule has 0 radical (unpaired) electrons. The van der Waals surface area contributed by atoms with Crippen LogP contribution in [0.1, 0.15) is 22.1 Å². The molecule has 1 fully saturated rings. The molecule has 3 nitrogen and oxygen atoms in total.